The number of rotatable bonds is 6. The topological polar surface area (TPSA) is 32.3 Å². The predicted octanol–water partition coefficient (Wildman–Crippen LogP) is 3.57. The van der Waals surface area contributed by atoms with Gasteiger partial charge in [-0.2, -0.15) is 24.9 Å². The molecule has 1 aromatic carbocycles. The lowest BCUT2D eigenvalue weighted by molar-refractivity contribution is -0.137. The molecule has 1 aromatic rings. The Kier molecular flexibility index (Phi) is 6.39. The van der Waals surface area contributed by atoms with E-state index in [1.54, 1.807) is 18.8 Å². The molecule has 0 bridgehead atoms. The lowest BCUT2D eigenvalue weighted by Gasteiger charge is -2.20. The summed E-state index contributed by atoms with van der Waals surface area (Å²) in [5.41, 5.74) is -0.340. The zero-order valence-corrected chi connectivity index (χ0v) is 13.1. The van der Waals surface area contributed by atoms with Crippen LogP contribution in [0.25, 0.3) is 0 Å². The molecule has 0 saturated heterocycles. The fourth-order valence-electron chi connectivity index (χ4n) is 1.78. The number of amides is 1. The fourth-order valence-corrected chi connectivity index (χ4v) is 2.23. The van der Waals surface area contributed by atoms with Crippen LogP contribution in [0.4, 0.5) is 18.9 Å². The van der Waals surface area contributed by atoms with Gasteiger partial charge in [0.15, 0.2) is 0 Å². The van der Waals surface area contributed by atoms with Gasteiger partial charge in [0.25, 0.3) is 5.91 Å². The molecule has 0 atom stereocenters. The van der Waals surface area contributed by atoms with Gasteiger partial charge in [-0.25, -0.2) is 0 Å². The summed E-state index contributed by atoms with van der Waals surface area (Å²) in [5.74, 6) is 0.323. The number of hydrogen-bond donors (Lipinski definition) is 1. The van der Waals surface area contributed by atoms with Crippen molar-refractivity contribution in [2.24, 2.45) is 0 Å². The molecule has 0 spiro atoms. The van der Waals surface area contributed by atoms with Gasteiger partial charge in [0, 0.05) is 31.6 Å². The predicted molar refractivity (Wildman–Crippen MR) is 81.0 cm³/mol. The summed E-state index contributed by atoms with van der Waals surface area (Å²) < 4.78 is 38.4. The summed E-state index contributed by atoms with van der Waals surface area (Å²) in [6, 6.07) is 3.20. The lowest BCUT2D eigenvalue weighted by Crippen LogP contribution is -2.30. The van der Waals surface area contributed by atoms with E-state index < -0.39 is 17.6 Å². The first kappa shape index (κ1) is 17.7. The summed E-state index contributed by atoms with van der Waals surface area (Å²) in [6.45, 7) is 2.84. The average molecular weight is 320 g/mol. The minimum absolute atomic E-state index is 0.0512. The van der Waals surface area contributed by atoms with Crippen molar-refractivity contribution in [1.29, 1.82) is 0 Å². The Morgan fingerprint density at radius 3 is 2.57 bits per heavy atom. The summed E-state index contributed by atoms with van der Waals surface area (Å²) in [4.78, 5) is 13.8. The van der Waals surface area contributed by atoms with E-state index in [-0.39, 0.29) is 5.56 Å². The molecule has 0 aliphatic carbocycles. The third kappa shape index (κ3) is 4.84. The SMILES string of the molecule is CCNc1ccc(C(F)(F)F)cc1C(=O)N(C)CCSC. The van der Waals surface area contributed by atoms with Crippen molar-refractivity contribution in [1.82, 2.24) is 4.90 Å². The first-order valence-corrected chi connectivity index (χ1v) is 7.90. The van der Waals surface area contributed by atoms with Crippen LogP contribution in [0.15, 0.2) is 18.2 Å². The van der Waals surface area contributed by atoms with Crippen LogP contribution < -0.4 is 5.32 Å². The van der Waals surface area contributed by atoms with Crippen molar-refractivity contribution in [3.63, 3.8) is 0 Å². The molecule has 118 valence electrons. The number of carbonyl (C=O) groups excluding carboxylic acids is 1. The number of anilines is 1. The Hall–Kier alpha value is -1.37. The van der Waals surface area contributed by atoms with Crippen molar-refractivity contribution in [2.45, 2.75) is 13.1 Å². The normalized spacial score (nSPS) is 11.3. The highest BCUT2D eigenvalue weighted by molar-refractivity contribution is 7.98. The minimum Gasteiger partial charge on any atom is -0.385 e. The second kappa shape index (κ2) is 7.59. The third-order valence-electron chi connectivity index (χ3n) is 2.92. The maximum absolute atomic E-state index is 12.8. The molecule has 21 heavy (non-hydrogen) atoms. The fraction of sp³-hybridized carbons (Fsp3) is 0.500. The van der Waals surface area contributed by atoms with Crippen molar-refractivity contribution >= 4 is 23.4 Å². The van der Waals surface area contributed by atoms with Gasteiger partial charge in [-0.3, -0.25) is 4.79 Å². The zero-order valence-electron chi connectivity index (χ0n) is 12.3. The van der Waals surface area contributed by atoms with Gasteiger partial charge in [0.2, 0.25) is 0 Å². The summed E-state index contributed by atoms with van der Waals surface area (Å²) in [6.07, 6.45) is -2.55. The zero-order chi connectivity index (χ0) is 16.0. The maximum Gasteiger partial charge on any atom is 0.416 e. The quantitative estimate of drug-likeness (QED) is 0.869. The van der Waals surface area contributed by atoms with E-state index >= 15 is 0 Å². The Labute approximate surface area is 126 Å². The molecule has 0 saturated carbocycles. The van der Waals surface area contributed by atoms with Gasteiger partial charge in [0.1, 0.15) is 0 Å². The Bertz CT molecular complexity index is 492. The molecule has 3 nitrogen and oxygen atoms in total. The number of benzene rings is 1. The molecule has 0 heterocycles. The van der Waals surface area contributed by atoms with Gasteiger partial charge < -0.3 is 10.2 Å². The van der Waals surface area contributed by atoms with E-state index in [2.05, 4.69) is 5.32 Å². The molecular weight excluding hydrogens is 301 g/mol. The molecule has 1 N–H and O–H groups in total. The van der Waals surface area contributed by atoms with Crippen LogP contribution in [0.2, 0.25) is 0 Å². The number of nitrogens with zero attached hydrogens (tertiary/aromatic N) is 1. The van der Waals surface area contributed by atoms with Crippen molar-refractivity contribution in [3.8, 4) is 0 Å². The highest BCUT2D eigenvalue weighted by Gasteiger charge is 2.32. The molecule has 0 fully saturated rings. The van der Waals surface area contributed by atoms with Crippen molar-refractivity contribution in [2.75, 3.05) is 37.5 Å². The third-order valence-corrected chi connectivity index (χ3v) is 3.51. The van der Waals surface area contributed by atoms with E-state index in [4.69, 9.17) is 0 Å². The van der Waals surface area contributed by atoms with E-state index in [9.17, 15) is 18.0 Å². The number of nitrogens with one attached hydrogen (secondary N) is 1. The molecule has 0 aliphatic rings. The van der Waals surface area contributed by atoms with Gasteiger partial charge >= 0.3 is 6.18 Å². The van der Waals surface area contributed by atoms with E-state index in [1.165, 1.54) is 11.0 Å². The van der Waals surface area contributed by atoms with Gasteiger partial charge in [-0.05, 0) is 31.4 Å². The van der Waals surface area contributed by atoms with Gasteiger partial charge in [0.05, 0.1) is 11.1 Å². The highest BCUT2D eigenvalue weighted by atomic mass is 32.2. The lowest BCUT2D eigenvalue weighted by atomic mass is 10.1. The van der Waals surface area contributed by atoms with Crippen LogP contribution in [0.5, 0.6) is 0 Å². The van der Waals surface area contributed by atoms with Crippen LogP contribution >= 0.6 is 11.8 Å². The summed E-state index contributed by atoms with van der Waals surface area (Å²) in [7, 11) is 1.59. The smallest absolute Gasteiger partial charge is 0.385 e. The second-order valence-corrected chi connectivity index (χ2v) is 5.49. The molecule has 1 rings (SSSR count). The number of alkyl halides is 3. The molecule has 7 heteroatoms. The first-order chi connectivity index (χ1) is 9.81. The highest BCUT2D eigenvalue weighted by Crippen LogP contribution is 2.32. The monoisotopic (exact) mass is 320 g/mol. The van der Waals surface area contributed by atoms with Crippen LogP contribution in [0.1, 0.15) is 22.8 Å². The second-order valence-electron chi connectivity index (χ2n) is 4.51. The van der Waals surface area contributed by atoms with Crippen LogP contribution in [0, 0.1) is 0 Å². The standard InChI is InChI=1S/C14H19F3N2OS/c1-4-18-12-6-5-10(14(15,16)17)9-11(12)13(20)19(2)7-8-21-3/h5-6,9,18H,4,7-8H2,1-3H3. The van der Waals surface area contributed by atoms with Crippen molar-refractivity contribution in [3.05, 3.63) is 29.3 Å². The van der Waals surface area contributed by atoms with Crippen LogP contribution in [0.3, 0.4) is 0 Å². The van der Waals surface area contributed by atoms with Crippen LogP contribution in [-0.2, 0) is 6.18 Å². The summed E-state index contributed by atoms with van der Waals surface area (Å²) >= 11 is 1.57. The molecule has 0 radical (unpaired) electrons. The average Bonchev–Trinajstić information content (AvgIpc) is 2.43. The molecule has 0 aliphatic heterocycles. The molecular formula is C14H19F3N2OS. The number of hydrogen-bond acceptors (Lipinski definition) is 3. The Morgan fingerprint density at radius 1 is 1.38 bits per heavy atom. The van der Waals surface area contributed by atoms with Gasteiger partial charge in [-0.1, -0.05) is 0 Å². The maximum atomic E-state index is 12.8. The number of thioether (sulfide) groups is 1. The molecule has 0 unspecified atom stereocenters. The Morgan fingerprint density at radius 2 is 2.05 bits per heavy atom. The van der Waals surface area contributed by atoms with E-state index in [0.29, 0.717) is 18.8 Å². The molecule has 0 aromatic heterocycles. The number of carbonyl (C=O) groups is 1. The van der Waals surface area contributed by atoms with E-state index in [0.717, 1.165) is 17.9 Å². The largest absolute Gasteiger partial charge is 0.416 e. The van der Waals surface area contributed by atoms with Crippen molar-refractivity contribution < 1.29 is 18.0 Å². The minimum atomic E-state index is -4.46. The van der Waals surface area contributed by atoms with E-state index in [1.807, 2.05) is 13.2 Å². The first-order valence-electron chi connectivity index (χ1n) is 6.50. The Balaban J connectivity index is 3.13. The number of halogens is 3. The summed E-state index contributed by atoms with van der Waals surface area (Å²) in [5, 5.41) is 2.93. The van der Waals surface area contributed by atoms with Crippen LogP contribution in [-0.4, -0.2) is 43.0 Å². The molecule has 1 amide bonds. The van der Waals surface area contributed by atoms with Gasteiger partial charge in [-0.15, -0.1) is 0 Å².